The van der Waals surface area contributed by atoms with E-state index in [0.717, 1.165) is 33.0 Å². The van der Waals surface area contributed by atoms with Gasteiger partial charge in [-0.15, -0.1) is 0 Å². The molecule has 0 bridgehead atoms. The van der Waals surface area contributed by atoms with Gasteiger partial charge in [0.1, 0.15) is 11.2 Å². The molecule has 5 aromatic carbocycles. The molecule has 0 saturated carbocycles. The number of H-pyrrole nitrogens is 1. The highest BCUT2D eigenvalue weighted by atomic mass is 16.3. The molecule has 7 aromatic rings. The molecular weight excluding hydrogens is 366 g/mol. The van der Waals surface area contributed by atoms with E-state index < -0.39 is 0 Å². The van der Waals surface area contributed by atoms with Crippen LogP contribution in [0.25, 0.3) is 65.6 Å². The summed E-state index contributed by atoms with van der Waals surface area (Å²) < 4.78 is 6.41. The van der Waals surface area contributed by atoms with Crippen molar-refractivity contribution in [1.82, 2.24) is 4.98 Å². The van der Waals surface area contributed by atoms with Gasteiger partial charge in [-0.2, -0.15) is 0 Å². The summed E-state index contributed by atoms with van der Waals surface area (Å²) in [6.07, 6.45) is 0. The summed E-state index contributed by atoms with van der Waals surface area (Å²) in [5, 5.41) is 7.29. The molecule has 7 rings (SSSR count). The van der Waals surface area contributed by atoms with Crippen molar-refractivity contribution in [3.8, 4) is 11.1 Å². The van der Waals surface area contributed by atoms with E-state index in [1.165, 1.54) is 32.6 Å². The summed E-state index contributed by atoms with van der Waals surface area (Å²) >= 11 is 0. The molecule has 2 nitrogen and oxygen atoms in total. The summed E-state index contributed by atoms with van der Waals surface area (Å²) in [5.41, 5.74) is 6.45. The molecule has 0 fully saturated rings. The van der Waals surface area contributed by atoms with Crippen LogP contribution in [0.3, 0.4) is 0 Å². The topological polar surface area (TPSA) is 28.9 Å². The zero-order valence-corrected chi connectivity index (χ0v) is 16.1. The average molecular weight is 383 g/mol. The normalized spacial score (nSPS) is 12.0. The zero-order valence-electron chi connectivity index (χ0n) is 16.1. The fourth-order valence-electron chi connectivity index (χ4n) is 4.78. The Kier molecular flexibility index (Phi) is 3.03. The van der Waals surface area contributed by atoms with E-state index in [-0.39, 0.29) is 0 Å². The van der Waals surface area contributed by atoms with Crippen molar-refractivity contribution < 1.29 is 4.42 Å². The van der Waals surface area contributed by atoms with E-state index in [1.54, 1.807) is 0 Å². The molecule has 0 saturated heterocycles. The summed E-state index contributed by atoms with van der Waals surface area (Å²) in [7, 11) is 0. The molecular formula is C28H17NO. The van der Waals surface area contributed by atoms with Crippen molar-refractivity contribution in [2.24, 2.45) is 0 Å². The minimum absolute atomic E-state index is 0.914. The number of aromatic nitrogens is 1. The molecule has 0 spiro atoms. The Balaban J connectivity index is 1.58. The van der Waals surface area contributed by atoms with Gasteiger partial charge in [-0.1, -0.05) is 84.9 Å². The molecule has 2 heteroatoms. The Labute approximate surface area is 172 Å². The average Bonchev–Trinajstić information content (AvgIpc) is 3.35. The second kappa shape index (κ2) is 5.74. The third-order valence-electron chi connectivity index (χ3n) is 6.20. The molecule has 0 aliphatic heterocycles. The molecule has 0 radical (unpaired) electrons. The predicted molar refractivity (Wildman–Crippen MR) is 126 cm³/mol. The van der Waals surface area contributed by atoms with Crippen LogP contribution in [0.1, 0.15) is 0 Å². The number of fused-ring (bicyclic) bond motifs is 8. The van der Waals surface area contributed by atoms with Gasteiger partial charge >= 0.3 is 0 Å². The Hall–Kier alpha value is -4.04. The Morgan fingerprint density at radius 1 is 0.567 bits per heavy atom. The van der Waals surface area contributed by atoms with Crippen molar-refractivity contribution in [1.29, 1.82) is 0 Å². The van der Waals surface area contributed by atoms with Gasteiger partial charge in [0.2, 0.25) is 0 Å². The number of hydrogen-bond donors (Lipinski definition) is 1. The predicted octanol–water partition coefficient (Wildman–Crippen LogP) is 8.04. The second-order valence-electron chi connectivity index (χ2n) is 7.88. The van der Waals surface area contributed by atoms with Crippen LogP contribution in [-0.4, -0.2) is 4.98 Å². The van der Waals surface area contributed by atoms with Crippen molar-refractivity contribution in [3.05, 3.63) is 97.1 Å². The van der Waals surface area contributed by atoms with Crippen molar-refractivity contribution >= 4 is 54.5 Å². The van der Waals surface area contributed by atoms with Crippen LogP contribution >= 0.6 is 0 Å². The van der Waals surface area contributed by atoms with E-state index in [0.29, 0.717) is 0 Å². The van der Waals surface area contributed by atoms with Crippen LogP contribution in [-0.2, 0) is 0 Å². The lowest BCUT2D eigenvalue weighted by Crippen LogP contribution is -1.77. The number of para-hydroxylation sites is 1. The quantitative estimate of drug-likeness (QED) is 0.305. The van der Waals surface area contributed by atoms with Gasteiger partial charge < -0.3 is 9.40 Å². The van der Waals surface area contributed by atoms with Crippen molar-refractivity contribution in [3.63, 3.8) is 0 Å². The van der Waals surface area contributed by atoms with Gasteiger partial charge in [-0.05, 0) is 17.0 Å². The number of benzene rings is 5. The first kappa shape index (κ1) is 15.8. The maximum Gasteiger partial charge on any atom is 0.143 e. The molecule has 30 heavy (non-hydrogen) atoms. The maximum atomic E-state index is 6.41. The van der Waals surface area contributed by atoms with Gasteiger partial charge in [-0.3, -0.25) is 0 Å². The van der Waals surface area contributed by atoms with Gasteiger partial charge in [0.15, 0.2) is 0 Å². The summed E-state index contributed by atoms with van der Waals surface area (Å²) in [5.74, 6) is 0. The Morgan fingerprint density at radius 2 is 1.40 bits per heavy atom. The Bertz CT molecular complexity index is 1740. The lowest BCUT2D eigenvalue weighted by molar-refractivity contribution is 0.670. The zero-order chi connectivity index (χ0) is 19.7. The number of aromatic amines is 1. The van der Waals surface area contributed by atoms with Gasteiger partial charge in [0.05, 0.1) is 11.0 Å². The molecule has 1 N–H and O–H groups in total. The SMILES string of the molecule is c1ccc(-c2cccc3c2oc2cc4[nH]c5c6ccccc6ccc5c4cc23)cc1. The van der Waals surface area contributed by atoms with Crippen molar-refractivity contribution in [2.75, 3.05) is 0 Å². The van der Waals surface area contributed by atoms with Crippen LogP contribution in [0.15, 0.2) is 101 Å². The number of furan rings is 1. The number of rotatable bonds is 1. The van der Waals surface area contributed by atoms with E-state index in [9.17, 15) is 0 Å². The monoisotopic (exact) mass is 383 g/mol. The van der Waals surface area contributed by atoms with E-state index in [2.05, 4.69) is 96.0 Å². The minimum Gasteiger partial charge on any atom is -0.455 e. The van der Waals surface area contributed by atoms with Crippen molar-refractivity contribution in [2.45, 2.75) is 0 Å². The molecule has 0 atom stereocenters. The standard InChI is InChI=1S/C28H17NO/c1-2-7-17(8-3-1)20-11-6-12-22-24-15-23-21-14-13-18-9-4-5-10-19(18)27(21)29-25(23)16-26(24)30-28(20)22/h1-16,29H. The molecule has 0 aliphatic rings. The lowest BCUT2D eigenvalue weighted by atomic mass is 10.0. The third-order valence-corrected chi connectivity index (χ3v) is 6.20. The lowest BCUT2D eigenvalue weighted by Gasteiger charge is -2.01. The number of hydrogen-bond acceptors (Lipinski definition) is 1. The van der Waals surface area contributed by atoms with Gasteiger partial charge in [0, 0.05) is 38.6 Å². The molecule has 0 aliphatic carbocycles. The molecule has 2 heterocycles. The largest absolute Gasteiger partial charge is 0.455 e. The summed E-state index contributed by atoms with van der Waals surface area (Å²) in [6, 6.07) is 34.2. The fourth-order valence-corrected chi connectivity index (χ4v) is 4.78. The van der Waals surface area contributed by atoms with Crippen LogP contribution in [0.4, 0.5) is 0 Å². The molecule has 140 valence electrons. The fraction of sp³-hybridized carbons (Fsp3) is 0. The maximum absolute atomic E-state index is 6.41. The number of nitrogens with one attached hydrogen (secondary N) is 1. The highest BCUT2D eigenvalue weighted by Crippen LogP contribution is 2.39. The minimum atomic E-state index is 0.914. The van der Waals surface area contributed by atoms with Crippen LogP contribution in [0, 0.1) is 0 Å². The first-order chi connectivity index (χ1) is 14.9. The molecule has 2 aromatic heterocycles. The van der Waals surface area contributed by atoms with E-state index in [4.69, 9.17) is 4.42 Å². The third kappa shape index (κ3) is 2.08. The van der Waals surface area contributed by atoms with Crippen LogP contribution < -0.4 is 0 Å². The van der Waals surface area contributed by atoms with E-state index >= 15 is 0 Å². The van der Waals surface area contributed by atoms with Gasteiger partial charge in [-0.25, -0.2) is 0 Å². The molecule has 0 amide bonds. The highest BCUT2D eigenvalue weighted by Gasteiger charge is 2.15. The first-order valence-corrected chi connectivity index (χ1v) is 10.2. The Morgan fingerprint density at radius 3 is 2.33 bits per heavy atom. The highest BCUT2D eigenvalue weighted by molar-refractivity contribution is 6.21. The first-order valence-electron chi connectivity index (χ1n) is 10.2. The second-order valence-corrected chi connectivity index (χ2v) is 7.88. The van der Waals surface area contributed by atoms with E-state index in [1.807, 2.05) is 6.07 Å². The van der Waals surface area contributed by atoms with Crippen LogP contribution in [0.2, 0.25) is 0 Å². The van der Waals surface area contributed by atoms with Gasteiger partial charge in [0.25, 0.3) is 0 Å². The summed E-state index contributed by atoms with van der Waals surface area (Å²) in [4.78, 5) is 3.64. The van der Waals surface area contributed by atoms with Crippen LogP contribution in [0.5, 0.6) is 0 Å². The smallest absolute Gasteiger partial charge is 0.143 e. The molecule has 0 unspecified atom stereocenters. The summed E-state index contributed by atoms with van der Waals surface area (Å²) in [6.45, 7) is 0.